The van der Waals surface area contributed by atoms with Crippen LogP contribution in [0.4, 0.5) is 5.69 Å². The topological polar surface area (TPSA) is 65.4 Å². The molecule has 0 aliphatic carbocycles. The summed E-state index contributed by atoms with van der Waals surface area (Å²) in [6, 6.07) is 5.94. The minimum Gasteiger partial charge on any atom is -0.388 e. The zero-order chi connectivity index (χ0) is 19.2. The zero-order valence-corrected chi connectivity index (χ0v) is 16.5. The van der Waals surface area contributed by atoms with Gasteiger partial charge in [-0.25, -0.2) is 4.98 Å². The van der Waals surface area contributed by atoms with E-state index in [1.54, 1.807) is 14.2 Å². The van der Waals surface area contributed by atoms with Crippen molar-refractivity contribution in [3.8, 4) is 0 Å². The number of anilines is 1. The normalized spacial score (nSPS) is 15.4. The molecule has 1 aliphatic heterocycles. The van der Waals surface area contributed by atoms with E-state index >= 15 is 0 Å². The number of carbonyl (C=O) groups excluding carboxylic acids is 1. The monoisotopic (exact) mass is 361 g/mol. The number of ether oxygens (including phenoxy) is 2. The first kappa shape index (κ1) is 20.4. The van der Waals surface area contributed by atoms with Crippen molar-refractivity contribution in [2.24, 2.45) is 5.92 Å². The second-order valence-corrected chi connectivity index (χ2v) is 7.73. The molecule has 1 aliphatic rings. The van der Waals surface area contributed by atoms with Crippen LogP contribution in [0, 0.1) is 5.92 Å². The van der Waals surface area contributed by atoms with E-state index in [1.807, 2.05) is 12.1 Å². The molecule has 1 N–H and O–H groups in total. The molecule has 1 amide bonds. The van der Waals surface area contributed by atoms with Gasteiger partial charge in [0.05, 0.1) is 11.0 Å². The van der Waals surface area contributed by atoms with Crippen molar-refractivity contribution in [3.63, 3.8) is 0 Å². The molecule has 6 heteroatoms. The van der Waals surface area contributed by atoms with Crippen LogP contribution in [0.2, 0.25) is 0 Å². The number of nitrogens with zero attached hydrogens (tertiary/aromatic N) is 2. The molecule has 6 nitrogen and oxygen atoms in total. The summed E-state index contributed by atoms with van der Waals surface area (Å²) in [5, 5.41) is 2.70. The second kappa shape index (κ2) is 9.14. The Kier molecular flexibility index (Phi) is 7.17. The molecule has 0 atom stereocenters. The Morgan fingerprint density at radius 2 is 1.96 bits per heavy atom. The van der Waals surface area contributed by atoms with Crippen molar-refractivity contribution in [2.75, 3.05) is 32.8 Å². The summed E-state index contributed by atoms with van der Waals surface area (Å²) >= 11 is 0. The number of hydrogen-bond donors (Lipinski definition) is 1. The quantitative estimate of drug-likeness (QED) is 0.845. The maximum atomic E-state index is 10.7. The predicted octanol–water partition coefficient (Wildman–Crippen LogP) is 3.59. The lowest BCUT2D eigenvalue weighted by Gasteiger charge is -2.26. The molecule has 0 saturated carbocycles. The first-order valence-electron chi connectivity index (χ1n) is 9.09. The minimum atomic E-state index is -0.0254. The van der Waals surface area contributed by atoms with Gasteiger partial charge in [-0.1, -0.05) is 20.8 Å². The number of imidazole rings is 1. The molecule has 0 bridgehead atoms. The lowest BCUT2D eigenvalue weighted by Crippen LogP contribution is -2.25. The van der Waals surface area contributed by atoms with Gasteiger partial charge in [0.2, 0.25) is 6.41 Å². The van der Waals surface area contributed by atoms with Crippen molar-refractivity contribution in [1.29, 1.82) is 0 Å². The van der Waals surface area contributed by atoms with Crippen LogP contribution < -0.4 is 5.32 Å². The highest BCUT2D eigenvalue weighted by Crippen LogP contribution is 2.30. The minimum absolute atomic E-state index is 0.0254. The van der Waals surface area contributed by atoms with E-state index in [-0.39, 0.29) is 5.41 Å². The molecule has 1 fully saturated rings. The molecule has 144 valence electrons. The van der Waals surface area contributed by atoms with Gasteiger partial charge in [0.1, 0.15) is 5.82 Å². The Labute approximate surface area is 155 Å². The fraction of sp³-hybridized carbons (Fsp3) is 0.600. The van der Waals surface area contributed by atoms with Gasteiger partial charge in [-0.3, -0.25) is 4.79 Å². The molecule has 26 heavy (non-hydrogen) atoms. The van der Waals surface area contributed by atoms with E-state index < -0.39 is 0 Å². The average molecular weight is 361 g/mol. The summed E-state index contributed by atoms with van der Waals surface area (Å²) in [6.45, 7) is 9.27. The fourth-order valence-corrected chi connectivity index (χ4v) is 3.23. The van der Waals surface area contributed by atoms with Crippen LogP contribution in [-0.2, 0) is 26.2 Å². The van der Waals surface area contributed by atoms with Crippen molar-refractivity contribution in [1.82, 2.24) is 9.55 Å². The number of benzene rings is 1. The number of aromatic nitrogens is 2. The van der Waals surface area contributed by atoms with Crippen LogP contribution in [0.15, 0.2) is 18.2 Å². The lowest BCUT2D eigenvalue weighted by molar-refractivity contribution is -0.105. The summed E-state index contributed by atoms with van der Waals surface area (Å²) in [5.41, 5.74) is 2.83. The number of amides is 1. The molecule has 0 unspecified atom stereocenters. The number of hydrogen-bond acceptors (Lipinski definition) is 4. The van der Waals surface area contributed by atoms with Gasteiger partial charge in [0.15, 0.2) is 0 Å². The van der Waals surface area contributed by atoms with Crippen LogP contribution in [0.25, 0.3) is 11.0 Å². The SMILES string of the molecule is CC(C)(C)c1nc2cc(NC=O)ccc2n1CC1CCOCC1.COC. The molecule has 3 rings (SSSR count). The Morgan fingerprint density at radius 3 is 2.54 bits per heavy atom. The van der Waals surface area contributed by atoms with Gasteiger partial charge < -0.3 is 19.4 Å². The van der Waals surface area contributed by atoms with Crippen molar-refractivity contribution < 1.29 is 14.3 Å². The number of rotatable bonds is 4. The molecule has 0 spiro atoms. The maximum Gasteiger partial charge on any atom is 0.211 e. The molecule has 2 heterocycles. The Hall–Kier alpha value is -1.92. The predicted molar refractivity (Wildman–Crippen MR) is 105 cm³/mol. The summed E-state index contributed by atoms with van der Waals surface area (Å²) in [6.07, 6.45) is 2.91. The van der Waals surface area contributed by atoms with Crippen LogP contribution in [0.1, 0.15) is 39.4 Å². The first-order valence-corrected chi connectivity index (χ1v) is 9.09. The van der Waals surface area contributed by atoms with E-state index in [4.69, 9.17) is 9.72 Å². The van der Waals surface area contributed by atoms with Gasteiger partial charge >= 0.3 is 0 Å². The summed E-state index contributed by atoms with van der Waals surface area (Å²) in [5.74, 6) is 1.73. The van der Waals surface area contributed by atoms with E-state index in [2.05, 4.69) is 41.5 Å². The molecule has 2 aromatic rings. The largest absolute Gasteiger partial charge is 0.388 e. The third kappa shape index (κ3) is 5.05. The Morgan fingerprint density at radius 1 is 1.31 bits per heavy atom. The van der Waals surface area contributed by atoms with Gasteiger partial charge in [-0.2, -0.15) is 0 Å². The average Bonchev–Trinajstić information content (AvgIpc) is 2.95. The summed E-state index contributed by atoms with van der Waals surface area (Å²) < 4.78 is 12.1. The van der Waals surface area contributed by atoms with E-state index in [0.29, 0.717) is 12.3 Å². The third-order valence-corrected chi connectivity index (χ3v) is 4.43. The highest BCUT2D eigenvalue weighted by atomic mass is 16.5. The number of nitrogens with one attached hydrogen (secondary N) is 1. The highest BCUT2D eigenvalue weighted by Gasteiger charge is 2.25. The molecule has 1 saturated heterocycles. The smallest absolute Gasteiger partial charge is 0.211 e. The third-order valence-electron chi connectivity index (χ3n) is 4.43. The highest BCUT2D eigenvalue weighted by molar-refractivity contribution is 5.83. The van der Waals surface area contributed by atoms with Gasteiger partial charge in [0, 0.05) is 45.1 Å². The summed E-state index contributed by atoms with van der Waals surface area (Å²) in [7, 11) is 3.25. The number of methoxy groups -OCH3 is 1. The zero-order valence-electron chi connectivity index (χ0n) is 16.5. The Bertz CT molecular complexity index is 713. The fourth-order valence-electron chi connectivity index (χ4n) is 3.23. The van der Waals surface area contributed by atoms with Crippen LogP contribution >= 0.6 is 0 Å². The van der Waals surface area contributed by atoms with Gasteiger partial charge in [-0.15, -0.1) is 0 Å². The van der Waals surface area contributed by atoms with E-state index in [9.17, 15) is 4.79 Å². The number of fused-ring (bicyclic) bond motifs is 1. The summed E-state index contributed by atoms with van der Waals surface area (Å²) in [4.78, 5) is 15.5. The molecular weight excluding hydrogens is 330 g/mol. The second-order valence-electron chi connectivity index (χ2n) is 7.73. The van der Waals surface area contributed by atoms with Crippen molar-refractivity contribution in [2.45, 2.75) is 45.6 Å². The molecular formula is C20H31N3O3. The van der Waals surface area contributed by atoms with Crippen LogP contribution in [0.5, 0.6) is 0 Å². The molecule has 1 aromatic carbocycles. The van der Waals surface area contributed by atoms with Crippen molar-refractivity contribution >= 4 is 23.1 Å². The standard InChI is InChI=1S/C18H25N3O2.C2H6O/c1-18(2,3)17-20-15-10-14(19-12-22)4-5-16(15)21(17)11-13-6-8-23-9-7-13;1-3-2/h4-5,10,12-13H,6-9,11H2,1-3H3,(H,19,22);1-2H3. The Balaban J connectivity index is 0.000000758. The molecule has 0 radical (unpaired) electrons. The van der Waals surface area contributed by atoms with Crippen LogP contribution in [0.3, 0.4) is 0 Å². The lowest BCUT2D eigenvalue weighted by atomic mass is 9.94. The van der Waals surface area contributed by atoms with Crippen LogP contribution in [-0.4, -0.2) is 43.4 Å². The van der Waals surface area contributed by atoms with Crippen molar-refractivity contribution in [3.05, 3.63) is 24.0 Å². The first-order chi connectivity index (χ1) is 12.4. The number of carbonyl (C=O) groups is 1. The van der Waals surface area contributed by atoms with Gasteiger partial charge in [0.25, 0.3) is 0 Å². The van der Waals surface area contributed by atoms with E-state index in [0.717, 1.165) is 55.1 Å². The van der Waals surface area contributed by atoms with E-state index in [1.165, 1.54) is 0 Å². The molecule has 1 aromatic heterocycles. The van der Waals surface area contributed by atoms with Gasteiger partial charge in [-0.05, 0) is 37.0 Å². The maximum absolute atomic E-state index is 10.7.